The Hall–Kier alpha value is -0.850. The molecule has 0 saturated carbocycles. The molecule has 0 bridgehead atoms. The van der Waals surface area contributed by atoms with E-state index in [2.05, 4.69) is 31.0 Å². The summed E-state index contributed by atoms with van der Waals surface area (Å²) in [6.45, 7) is 6.18. The molecule has 0 rings (SSSR count). The summed E-state index contributed by atoms with van der Waals surface area (Å²) in [6.07, 6.45) is 11.1. The minimum absolute atomic E-state index is 0.311. The van der Waals surface area contributed by atoms with E-state index in [9.17, 15) is 0 Å². The van der Waals surface area contributed by atoms with Crippen molar-refractivity contribution in [3.8, 4) is 0 Å². The molecule has 0 aliphatic rings. The Morgan fingerprint density at radius 3 is 2.73 bits per heavy atom. The van der Waals surface area contributed by atoms with Gasteiger partial charge in [-0.2, -0.15) is 0 Å². The highest BCUT2D eigenvalue weighted by Crippen LogP contribution is 1.92. The zero-order valence-electron chi connectivity index (χ0n) is 7.62. The molecule has 0 heterocycles. The Balaban J connectivity index is 3.67. The van der Waals surface area contributed by atoms with Crippen molar-refractivity contribution in [2.75, 3.05) is 0 Å². The van der Waals surface area contributed by atoms with Gasteiger partial charge in [-0.05, 0) is 26.3 Å². The maximum Gasteiger partial charge on any atom is 0.0651 e. The van der Waals surface area contributed by atoms with E-state index in [1.54, 1.807) is 0 Å². The van der Waals surface area contributed by atoms with Crippen LogP contribution in [-0.4, -0.2) is 12.3 Å². The lowest BCUT2D eigenvalue weighted by atomic mass is 10.3. The van der Waals surface area contributed by atoms with Gasteiger partial charge < -0.3 is 0 Å². The maximum atomic E-state index is 4.25. The van der Waals surface area contributed by atoms with Crippen molar-refractivity contribution in [1.29, 1.82) is 0 Å². The average Bonchev–Trinajstić information content (AvgIpc) is 2.01. The second-order valence-electron chi connectivity index (χ2n) is 2.40. The van der Waals surface area contributed by atoms with Gasteiger partial charge in [0.2, 0.25) is 0 Å². The van der Waals surface area contributed by atoms with Crippen molar-refractivity contribution < 1.29 is 0 Å². The quantitative estimate of drug-likeness (QED) is 0.432. The summed E-state index contributed by atoms with van der Waals surface area (Å²) in [5.41, 5.74) is 0. The van der Waals surface area contributed by atoms with Gasteiger partial charge in [0.05, 0.1) is 6.04 Å². The van der Waals surface area contributed by atoms with Gasteiger partial charge in [0.25, 0.3) is 0 Å². The number of hydrogen-bond acceptors (Lipinski definition) is 1. The molecule has 1 heteroatoms. The molecule has 0 amide bonds. The highest BCUT2D eigenvalue weighted by atomic mass is 14.7. The number of rotatable bonds is 4. The predicted octanol–water partition coefficient (Wildman–Crippen LogP) is 2.99. The molecular weight excluding hydrogens is 134 g/mol. The Labute approximate surface area is 69.5 Å². The molecule has 0 saturated heterocycles. The van der Waals surface area contributed by atoms with Crippen molar-refractivity contribution in [3.63, 3.8) is 0 Å². The number of allylic oxidation sites excluding steroid dienone is 3. The lowest BCUT2D eigenvalue weighted by Gasteiger charge is -1.94. The van der Waals surface area contributed by atoms with Crippen LogP contribution in [0.3, 0.4) is 0 Å². The molecule has 0 aromatic rings. The first-order chi connectivity index (χ1) is 5.31. The van der Waals surface area contributed by atoms with Gasteiger partial charge in [-0.1, -0.05) is 25.2 Å². The van der Waals surface area contributed by atoms with E-state index >= 15 is 0 Å². The third-order valence-electron chi connectivity index (χ3n) is 1.25. The normalized spacial score (nSPS) is 15.5. The molecule has 0 radical (unpaired) electrons. The zero-order valence-corrected chi connectivity index (χ0v) is 7.62. The SMILES string of the molecule is C/C=C/C=N\C(C)/C=C\CC. The van der Waals surface area contributed by atoms with Crippen LogP contribution in [0.4, 0.5) is 0 Å². The minimum atomic E-state index is 0.311. The lowest BCUT2D eigenvalue weighted by Crippen LogP contribution is -1.90. The fourth-order valence-corrected chi connectivity index (χ4v) is 0.654. The zero-order chi connectivity index (χ0) is 8.53. The van der Waals surface area contributed by atoms with E-state index in [-0.39, 0.29) is 0 Å². The second-order valence-corrected chi connectivity index (χ2v) is 2.40. The first-order valence-electron chi connectivity index (χ1n) is 4.12. The molecule has 1 atom stereocenters. The second kappa shape index (κ2) is 7.26. The van der Waals surface area contributed by atoms with E-state index in [0.29, 0.717) is 6.04 Å². The monoisotopic (exact) mass is 151 g/mol. The molecule has 0 aromatic carbocycles. The first-order valence-corrected chi connectivity index (χ1v) is 4.12. The van der Waals surface area contributed by atoms with Crippen LogP contribution in [0.25, 0.3) is 0 Å². The summed E-state index contributed by atoms with van der Waals surface area (Å²) in [5, 5.41) is 0. The summed E-state index contributed by atoms with van der Waals surface area (Å²) < 4.78 is 0. The summed E-state index contributed by atoms with van der Waals surface area (Å²) in [6, 6.07) is 0.311. The van der Waals surface area contributed by atoms with Crippen molar-refractivity contribution in [2.24, 2.45) is 4.99 Å². The van der Waals surface area contributed by atoms with Gasteiger partial charge in [-0.25, -0.2) is 0 Å². The van der Waals surface area contributed by atoms with Gasteiger partial charge in [0.15, 0.2) is 0 Å². The molecule has 1 nitrogen and oxygen atoms in total. The molecule has 0 aromatic heterocycles. The smallest absolute Gasteiger partial charge is 0.0651 e. The van der Waals surface area contributed by atoms with E-state index in [4.69, 9.17) is 0 Å². The van der Waals surface area contributed by atoms with Crippen LogP contribution in [0.1, 0.15) is 27.2 Å². The van der Waals surface area contributed by atoms with Gasteiger partial charge in [-0.3, -0.25) is 4.99 Å². The van der Waals surface area contributed by atoms with Gasteiger partial charge in [0, 0.05) is 6.21 Å². The molecule has 0 N–H and O–H groups in total. The van der Waals surface area contributed by atoms with E-state index in [0.717, 1.165) is 6.42 Å². The molecule has 11 heavy (non-hydrogen) atoms. The number of aliphatic imine (C=N–C) groups is 1. The topological polar surface area (TPSA) is 12.4 Å². The van der Waals surface area contributed by atoms with Crippen LogP contribution in [0.15, 0.2) is 29.3 Å². The molecule has 1 unspecified atom stereocenters. The third kappa shape index (κ3) is 7.04. The van der Waals surface area contributed by atoms with Crippen LogP contribution in [0, 0.1) is 0 Å². The highest BCUT2D eigenvalue weighted by Gasteiger charge is 1.85. The van der Waals surface area contributed by atoms with Crippen molar-refractivity contribution >= 4 is 6.21 Å². The van der Waals surface area contributed by atoms with E-state index in [1.165, 1.54) is 0 Å². The summed E-state index contributed by atoms with van der Waals surface area (Å²) >= 11 is 0. The molecule has 0 spiro atoms. The first kappa shape index (κ1) is 10.2. The van der Waals surface area contributed by atoms with Crippen molar-refractivity contribution in [2.45, 2.75) is 33.2 Å². The van der Waals surface area contributed by atoms with E-state index in [1.807, 2.05) is 25.3 Å². The Morgan fingerprint density at radius 1 is 1.45 bits per heavy atom. The van der Waals surface area contributed by atoms with Crippen LogP contribution in [-0.2, 0) is 0 Å². The fraction of sp³-hybridized carbons (Fsp3) is 0.500. The van der Waals surface area contributed by atoms with Crippen molar-refractivity contribution in [3.05, 3.63) is 24.3 Å². The largest absolute Gasteiger partial charge is 0.286 e. The number of hydrogen-bond donors (Lipinski definition) is 0. The highest BCUT2D eigenvalue weighted by molar-refractivity contribution is 5.71. The van der Waals surface area contributed by atoms with Gasteiger partial charge >= 0.3 is 0 Å². The lowest BCUT2D eigenvalue weighted by molar-refractivity contribution is 0.925. The van der Waals surface area contributed by atoms with Crippen LogP contribution in [0.5, 0.6) is 0 Å². The molecule has 0 aliphatic carbocycles. The maximum absolute atomic E-state index is 4.25. The fourth-order valence-electron chi connectivity index (χ4n) is 0.654. The van der Waals surface area contributed by atoms with Crippen LogP contribution >= 0.6 is 0 Å². The molecule has 0 fully saturated rings. The Bertz CT molecular complexity index is 154. The molecule has 0 aliphatic heterocycles. The van der Waals surface area contributed by atoms with Crippen molar-refractivity contribution in [1.82, 2.24) is 0 Å². The standard InChI is InChI=1S/C10H17N/c1-4-6-8-10(3)11-9-7-5-2/h5-10H,4H2,1-3H3/b7-5+,8-6-,11-9-. The molecule has 62 valence electrons. The van der Waals surface area contributed by atoms with Crippen LogP contribution < -0.4 is 0 Å². The summed E-state index contributed by atoms with van der Waals surface area (Å²) in [7, 11) is 0. The number of nitrogens with zero attached hydrogens (tertiary/aromatic N) is 1. The third-order valence-corrected chi connectivity index (χ3v) is 1.25. The minimum Gasteiger partial charge on any atom is -0.286 e. The Kier molecular flexibility index (Phi) is 6.70. The molecular formula is C10H17N. The van der Waals surface area contributed by atoms with Gasteiger partial charge in [-0.15, -0.1) is 0 Å². The van der Waals surface area contributed by atoms with Crippen LogP contribution in [0.2, 0.25) is 0 Å². The van der Waals surface area contributed by atoms with E-state index < -0.39 is 0 Å². The summed E-state index contributed by atoms with van der Waals surface area (Å²) in [4.78, 5) is 4.25. The average molecular weight is 151 g/mol. The predicted molar refractivity (Wildman–Crippen MR) is 52.2 cm³/mol. The Morgan fingerprint density at radius 2 is 2.18 bits per heavy atom. The van der Waals surface area contributed by atoms with Gasteiger partial charge in [0.1, 0.15) is 0 Å². The summed E-state index contributed by atoms with van der Waals surface area (Å²) in [5.74, 6) is 0.